The number of carbonyl (C=O) groups excluding carboxylic acids is 1. The van der Waals surface area contributed by atoms with Crippen LogP contribution in [0.15, 0.2) is 27.7 Å². The summed E-state index contributed by atoms with van der Waals surface area (Å²) in [6.45, 7) is 1.31. The fraction of sp³-hybridized carbons (Fsp3) is 0.529. The summed E-state index contributed by atoms with van der Waals surface area (Å²) in [7, 11) is 1.69. The highest BCUT2D eigenvalue weighted by molar-refractivity contribution is 9.10. The number of ether oxygens (including phenoxy) is 1. The van der Waals surface area contributed by atoms with E-state index in [1.807, 2.05) is 6.07 Å². The average molecular weight is 397 g/mol. The van der Waals surface area contributed by atoms with Gasteiger partial charge in [0, 0.05) is 24.5 Å². The summed E-state index contributed by atoms with van der Waals surface area (Å²) in [6.07, 6.45) is 5.43. The molecule has 23 heavy (non-hydrogen) atoms. The van der Waals surface area contributed by atoms with Crippen molar-refractivity contribution >= 4 is 43.4 Å². The Labute approximate surface area is 148 Å². The number of aromatic nitrogens is 1. The number of fused-ring (bicyclic) bond motifs is 1. The molecular weight excluding hydrogens is 376 g/mol. The molecule has 1 aromatic carbocycles. The second kappa shape index (κ2) is 7.73. The topological polar surface area (TPSA) is 43.6 Å². The van der Waals surface area contributed by atoms with E-state index in [9.17, 15) is 4.79 Å². The van der Waals surface area contributed by atoms with E-state index in [1.54, 1.807) is 18.4 Å². The zero-order chi connectivity index (χ0) is 16.2. The number of carbonyl (C=O) groups is 1. The van der Waals surface area contributed by atoms with Gasteiger partial charge in [0.2, 0.25) is 5.91 Å². The van der Waals surface area contributed by atoms with Gasteiger partial charge in [-0.15, -0.1) is 0 Å². The van der Waals surface area contributed by atoms with Crippen LogP contribution in [0.4, 0.5) is 0 Å². The molecule has 0 unspecified atom stereocenters. The second-order valence-corrected chi connectivity index (χ2v) is 7.93. The summed E-state index contributed by atoms with van der Waals surface area (Å²) in [5, 5.41) is 0. The monoisotopic (exact) mass is 396 g/mol. The summed E-state index contributed by atoms with van der Waals surface area (Å²) < 4.78 is 9.45. The van der Waals surface area contributed by atoms with Crippen molar-refractivity contribution in [2.24, 2.45) is 10.9 Å². The van der Waals surface area contributed by atoms with Gasteiger partial charge < -0.3 is 9.30 Å². The van der Waals surface area contributed by atoms with Gasteiger partial charge in [-0.25, -0.2) is 0 Å². The van der Waals surface area contributed by atoms with E-state index in [1.165, 1.54) is 25.7 Å². The zero-order valence-corrected chi connectivity index (χ0v) is 15.7. The van der Waals surface area contributed by atoms with Crippen molar-refractivity contribution < 1.29 is 9.53 Å². The number of nitrogens with zero attached hydrogens (tertiary/aromatic N) is 2. The number of hydrogen-bond acceptors (Lipinski definition) is 3. The predicted molar refractivity (Wildman–Crippen MR) is 96.5 cm³/mol. The Balaban J connectivity index is 1.93. The molecule has 1 aliphatic carbocycles. The third-order valence-electron chi connectivity index (χ3n) is 4.32. The van der Waals surface area contributed by atoms with Gasteiger partial charge in [0.1, 0.15) is 0 Å². The number of rotatable bonds is 5. The third-order valence-corrected chi connectivity index (χ3v) is 5.86. The Morgan fingerprint density at radius 1 is 1.43 bits per heavy atom. The SMILES string of the molecule is COCCn1c(=NC(=O)CC2CCCC2)sc2cc(Br)ccc21. The molecule has 124 valence electrons. The maximum Gasteiger partial charge on any atom is 0.248 e. The molecule has 0 radical (unpaired) electrons. The first-order chi connectivity index (χ1) is 11.2. The Morgan fingerprint density at radius 3 is 2.96 bits per heavy atom. The van der Waals surface area contributed by atoms with Gasteiger partial charge in [-0.05, 0) is 37.0 Å². The van der Waals surface area contributed by atoms with Crippen LogP contribution in [0.1, 0.15) is 32.1 Å². The van der Waals surface area contributed by atoms with E-state index in [0.717, 1.165) is 19.5 Å². The Kier molecular flexibility index (Phi) is 5.67. The summed E-state index contributed by atoms with van der Waals surface area (Å²) in [4.78, 5) is 17.5. The smallest absolute Gasteiger partial charge is 0.248 e. The first kappa shape index (κ1) is 16.9. The maximum absolute atomic E-state index is 12.3. The maximum atomic E-state index is 12.3. The van der Waals surface area contributed by atoms with Crippen LogP contribution in [0, 0.1) is 5.92 Å². The van der Waals surface area contributed by atoms with Crippen LogP contribution in [-0.2, 0) is 16.1 Å². The molecule has 6 heteroatoms. The molecule has 1 aromatic heterocycles. The largest absolute Gasteiger partial charge is 0.383 e. The first-order valence-corrected chi connectivity index (χ1v) is 9.63. The van der Waals surface area contributed by atoms with E-state index < -0.39 is 0 Å². The molecule has 0 bridgehead atoms. The van der Waals surface area contributed by atoms with E-state index in [2.05, 4.69) is 37.6 Å². The van der Waals surface area contributed by atoms with Gasteiger partial charge in [-0.2, -0.15) is 4.99 Å². The molecular formula is C17H21BrN2O2S. The van der Waals surface area contributed by atoms with E-state index in [0.29, 0.717) is 25.5 Å². The molecule has 1 amide bonds. The Morgan fingerprint density at radius 2 is 2.22 bits per heavy atom. The van der Waals surface area contributed by atoms with E-state index in [-0.39, 0.29) is 5.91 Å². The van der Waals surface area contributed by atoms with Crippen molar-refractivity contribution in [3.63, 3.8) is 0 Å². The van der Waals surface area contributed by atoms with Crippen molar-refractivity contribution in [1.82, 2.24) is 4.57 Å². The highest BCUT2D eigenvalue weighted by atomic mass is 79.9. The van der Waals surface area contributed by atoms with Crippen molar-refractivity contribution in [3.05, 3.63) is 27.5 Å². The number of thiazole rings is 1. The molecule has 0 saturated heterocycles. The van der Waals surface area contributed by atoms with Crippen molar-refractivity contribution in [2.45, 2.75) is 38.6 Å². The molecule has 0 spiro atoms. The highest BCUT2D eigenvalue weighted by Gasteiger charge is 2.18. The molecule has 1 fully saturated rings. The van der Waals surface area contributed by atoms with Gasteiger partial charge in [0.05, 0.1) is 16.8 Å². The minimum Gasteiger partial charge on any atom is -0.383 e. The van der Waals surface area contributed by atoms with Crippen LogP contribution in [0.2, 0.25) is 0 Å². The van der Waals surface area contributed by atoms with Crippen molar-refractivity contribution in [2.75, 3.05) is 13.7 Å². The Hall–Kier alpha value is -0.980. The lowest BCUT2D eigenvalue weighted by Crippen LogP contribution is -2.19. The molecule has 1 saturated carbocycles. The number of methoxy groups -OCH3 is 1. The second-order valence-electron chi connectivity index (χ2n) is 6.00. The minimum absolute atomic E-state index is 0.00805. The fourth-order valence-corrected chi connectivity index (χ4v) is 4.77. The number of hydrogen-bond donors (Lipinski definition) is 0. The normalized spacial score (nSPS) is 16.5. The average Bonchev–Trinajstić information content (AvgIpc) is 3.12. The van der Waals surface area contributed by atoms with Crippen LogP contribution in [0.25, 0.3) is 10.2 Å². The number of amides is 1. The van der Waals surface area contributed by atoms with E-state index >= 15 is 0 Å². The van der Waals surface area contributed by atoms with Crippen LogP contribution in [-0.4, -0.2) is 24.2 Å². The molecule has 3 rings (SSSR count). The summed E-state index contributed by atoms with van der Waals surface area (Å²) in [6, 6.07) is 6.15. The lowest BCUT2D eigenvalue weighted by Gasteiger charge is -2.05. The molecule has 1 aliphatic rings. The fourth-order valence-electron chi connectivity index (χ4n) is 3.14. The molecule has 2 aromatic rings. The highest BCUT2D eigenvalue weighted by Crippen LogP contribution is 2.28. The zero-order valence-electron chi connectivity index (χ0n) is 13.3. The molecule has 1 heterocycles. The molecule has 4 nitrogen and oxygen atoms in total. The van der Waals surface area contributed by atoms with Crippen molar-refractivity contribution in [1.29, 1.82) is 0 Å². The predicted octanol–water partition coefficient (Wildman–Crippen LogP) is 4.12. The van der Waals surface area contributed by atoms with Gasteiger partial charge in [0.25, 0.3) is 0 Å². The van der Waals surface area contributed by atoms with Crippen molar-refractivity contribution in [3.8, 4) is 0 Å². The standard InChI is InChI=1S/C17H21BrN2O2S/c1-22-9-8-20-14-7-6-13(18)11-15(14)23-17(20)19-16(21)10-12-4-2-3-5-12/h6-7,11-12H,2-5,8-10H2,1H3. The van der Waals surface area contributed by atoms with Gasteiger partial charge in [0.15, 0.2) is 4.80 Å². The molecule has 0 atom stereocenters. The van der Waals surface area contributed by atoms with Gasteiger partial charge in [-0.3, -0.25) is 4.79 Å². The van der Waals surface area contributed by atoms with Gasteiger partial charge >= 0.3 is 0 Å². The number of benzene rings is 1. The lowest BCUT2D eigenvalue weighted by atomic mass is 10.0. The molecule has 0 N–H and O–H groups in total. The lowest BCUT2D eigenvalue weighted by molar-refractivity contribution is -0.118. The third kappa shape index (κ3) is 4.11. The van der Waals surface area contributed by atoms with Crippen LogP contribution < -0.4 is 4.80 Å². The minimum atomic E-state index is 0.00805. The Bertz CT molecular complexity index is 760. The van der Waals surface area contributed by atoms with Crippen LogP contribution in [0.5, 0.6) is 0 Å². The quantitative estimate of drug-likeness (QED) is 0.762. The van der Waals surface area contributed by atoms with E-state index in [4.69, 9.17) is 4.74 Å². The van der Waals surface area contributed by atoms with Gasteiger partial charge in [-0.1, -0.05) is 40.1 Å². The van der Waals surface area contributed by atoms with Crippen LogP contribution >= 0.6 is 27.3 Å². The summed E-state index contributed by atoms with van der Waals surface area (Å²) >= 11 is 5.07. The first-order valence-electron chi connectivity index (χ1n) is 8.03. The summed E-state index contributed by atoms with van der Waals surface area (Å²) in [5.74, 6) is 0.538. The molecule has 0 aliphatic heterocycles. The number of halogens is 1. The summed E-state index contributed by atoms with van der Waals surface area (Å²) in [5.41, 5.74) is 1.10. The van der Waals surface area contributed by atoms with Crippen LogP contribution in [0.3, 0.4) is 0 Å².